The van der Waals surface area contributed by atoms with Crippen LogP contribution in [0.25, 0.3) is 0 Å². The van der Waals surface area contributed by atoms with Gasteiger partial charge in [0, 0.05) is 6.54 Å². The minimum Gasteiger partial charge on any atom is -0.468 e. The topological polar surface area (TPSA) is 63.7 Å². The summed E-state index contributed by atoms with van der Waals surface area (Å²) < 4.78 is 31.8. The maximum absolute atomic E-state index is 12.7. The smallest absolute Gasteiger partial charge is 0.324 e. The van der Waals surface area contributed by atoms with Gasteiger partial charge in [0.05, 0.1) is 7.11 Å². The van der Waals surface area contributed by atoms with Crippen LogP contribution in [0.2, 0.25) is 0 Å². The van der Waals surface area contributed by atoms with Gasteiger partial charge in [-0.05, 0) is 36.1 Å². The number of methoxy groups -OCH3 is 1. The second-order valence-corrected chi connectivity index (χ2v) is 8.64. The van der Waals surface area contributed by atoms with Crippen LogP contribution in [0.1, 0.15) is 25.7 Å². The largest absolute Gasteiger partial charge is 0.468 e. The van der Waals surface area contributed by atoms with Crippen LogP contribution in [0, 0.1) is 5.41 Å². The van der Waals surface area contributed by atoms with E-state index in [0.29, 0.717) is 17.2 Å². The number of carbonyl (C=O) groups is 1. The molecule has 1 aromatic heterocycles. The molecule has 0 radical (unpaired) electrons. The fraction of sp³-hybridized carbons (Fsp3) is 0.615. The lowest BCUT2D eigenvalue weighted by molar-refractivity contribution is -0.144. The zero-order chi connectivity index (χ0) is 14.4. The van der Waals surface area contributed by atoms with Crippen LogP contribution in [0.5, 0.6) is 0 Å². The van der Waals surface area contributed by atoms with E-state index in [-0.39, 0.29) is 5.41 Å². The Kier molecular flexibility index (Phi) is 3.38. The number of nitrogens with zero attached hydrogens (tertiary/aromatic N) is 1. The zero-order valence-corrected chi connectivity index (χ0v) is 12.9. The van der Waals surface area contributed by atoms with Crippen molar-refractivity contribution in [3.63, 3.8) is 0 Å². The SMILES string of the molecule is COC(=O)C1CC2(CCC2)CN1S(=O)(=O)c1cccs1. The third-order valence-corrected chi connectivity index (χ3v) is 7.64. The third kappa shape index (κ3) is 2.08. The van der Waals surface area contributed by atoms with Crippen molar-refractivity contribution < 1.29 is 17.9 Å². The van der Waals surface area contributed by atoms with Crippen molar-refractivity contribution >= 4 is 27.3 Å². The Bertz CT molecular complexity index is 604. The summed E-state index contributed by atoms with van der Waals surface area (Å²) in [6.45, 7) is 0.438. The molecule has 3 rings (SSSR count). The predicted octanol–water partition coefficient (Wildman–Crippen LogP) is 1.85. The van der Waals surface area contributed by atoms with Crippen LogP contribution in [0.15, 0.2) is 21.7 Å². The summed E-state index contributed by atoms with van der Waals surface area (Å²) in [5.74, 6) is -0.450. The van der Waals surface area contributed by atoms with E-state index in [9.17, 15) is 13.2 Å². The Labute approximate surface area is 122 Å². The summed E-state index contributed by atoms with van der Waals surface area (Å²) in [5, 5.41) is 1.73. The molecule has 1 saturated carbocycles. The van der Waals surface area contributed by atoms with E-state index in [2.05, 4.69) is 0 Å². The third-order valence-electron chi connectivity index (χ3n) is 4.41. The first-order chi connectivity index (χ1) is 9.48. The fourth-order valence-electron chi connectivity index (χ4n) is 3.17. The normalized spacial score (nSPS) is 25.6. The molecule has 20 heavy (non-hydrogen) atoms. The molecular weight excluding hydrogens is 298 g/mol. The van der Waals surface area contributed by atoms with Gasteiger partial charge in [-0.1, -0.05) is 12.5 Å². The van der Waals surface area contributed by atoms with E-state index in [1.54, 1.807) is 17.5 Å². The van der Waals surface area contributed by atoms with Crippen molar-refractivity contribution in [2.24, 2.45) is 5.41 Å². The number of rotatable bonds is 3. The van der Waals surface area contributed by atoms with Gasteiger partial charge in [-0.2, -0.15) is 4.31 Å². The highest BCUT2D eigenvalue weighted by Gasteiger charge is 2.54. The monoisotopic (exact) mass is 315 g/mol. The Balaban J connectivity index is 1.95. The first kappa shape index (κ1) is 14.0. The van der Waals surface area contributed by atoms with Crippen molar-refractivity contribution in [3.05, 3.63) is 17.5 Å². The van der Waals surface area contributed by atoms with Gasteiger partial charge >= 0.3 is 5.97 Å². The second-order valence-electron chi connectivity index (χ2n) is 5.58. The van der Waals surface area contributed by atoms with Crippen molar-refractivity contribution in [3.8, 4) is 0 Å². The van der Waals surface area contributed by atoms with Gasteiger partial charge in [0.1, 0.15) is 10.3 Å². The Morgan fingerprint density at radius 2 is 2.25 bits per heavy atom. The maximum atomic E-state index is 12.7. The van der Waals surface area contributed by atoms with Gasteiger partial charge in [-0.15, -0.1) is 11.3 Å². The molecule has 7 heteroatoms. The molecule has 1 aliphatic heterocycles. The van der Waals surface area contributed by atoms with Gasteiger partial charge < -0.3 is 4.74 Å². The molecule has 0 amide bonds. The molecule has 0 bridgehead atoms. The fourth-order valence-corrected chi connectivity index (χ4v) is 5.98. The van der Waals surface area contributed by atoms with Crippen LogP contribution in [0.4, 0.5) is 0 Å². The average molecular weight is 315 g/mol. The molecule has 1 spiro atoms. The molecule has 0 aromatic carbocycles. The molecule has 2 aliphatic rings. The Hall–Kier alpha value is -0.920. The van der Waals surface area contributed by atoms with Gasteiger partial charge in [-0.25, -0.2) is 8.42 Å². The van der Waals surface area contributed by atoms with Crippen LogP contribution < -0.4 is 0 Å². The lowest BCUT2D eigenvalue weighted by Gasteiger charge is -2.37. The van der Waals surface area contributed by atoms with E-state index in [4.69, 9.17) is 4.74 Å². The van der Waals surface area contributed by atoms with Crippen molar-refractivity contribution in [2.45, 2.75) is 35.9 Å². The standard InChI is InChI=1S/C13H17NO4S2/c1-18-12(15)10-8-13(5-3-6-13)9-14(10)20(16,17)11-4-2-7-19-11/h2,4,7,10H,3,5-6,8-9H2,1H3. The highest BCUT2D eigenvalue weighted by molar-refractivity contribution is 7.91. The molecule has 1 unspecified atom stereocenters. The number of hydrogen-bond acceptors (Lipinski definition) is 5. The lowest BCUT2D eigenvalue weighted by atomic mass is 9.67. The molecule has 1 aromatic rings. The van der Waals surface area contributed by atoms with Crippen molar-refractivity contribution in [2.75, 3.05) is 13.7 Å². The van der Waals surface area contributed by atoms with E-state index in [1.807, 2.05) is 0 Å². The molecule has 1 atom stereocenters. The maximum Gasteiger partial charge on any atom is 0.324 e. The summed E-state index contributed by atoms with van der Waals surface area (Å²) in [5.41, 5.74) is -0.0107. The van der Waals surface area contributed by atoms with Gasteiger partial charge in [-0.3, -0.25) is 4.79 Å². The molecule has 1 saturated heterocycles. The summed E-state index contributed by atoms with van der Waals surface area (Å²) in [7, 11) is -2.29. The van der Waals surface area contributed by atoms with E-state index in [1.165, 1.54) is 22.8 Å². The first-order valence-electron chi connectivity index (χ1n) is 6.62. The van der Waals surface area contributed by atoms with Gasteiger partial charge in [0.25, 0.3) is 10.0 Å². The molecule has 5 nitrogen and oxygen atoms in total. The summed E-state index contributed by atoms with van der Waals surface area (Å²) in [4.78, 5) is 11.9. The summed E-state index contributed by atoms with van der Waals surface area (Å²) in [6.07, 6.45) is 3.69. The molecular formula is C13H17NO4S2. The van der Waals surface area contributed by atoms with Crippen LogP contribution in [0.3, 0.4) is 0 Å². The molecule has 2 fully saturated rings. The number of sulfonamides is 1. The lowest BCUT2D eigenvalue weighted by Crippen LogP contribution is -2.41. The minimum absolute atomic E-state index is 0.0107. The van der Waals surface area contributed by atoms with Crippen LogP contribution in [-0.4, -0.2) is 38.4 Å². The minimum atomic E-state index is -3.60. The van der Waals surface area contributed by atoms with Gasteiger partial charge in [0.15, 0.2) is 0 Å². The Morgan fingerprint density at radius 1 is 1.50 bits per heavy atom. The van der Waals surface area contributed by atoms with E-state index in [0.717, 1.165) is 19.3 Å². The highest BCUT2D eigenvalue weighted by Crippen LogP contribution is 2.51. The average Bonchev–Trinajstić information content (AvgIpc) is 3.04. The number of esters is 1. The summed E-state index contributed by atoms with van der Waals surface area (Å²) >= 11 is 1.18. The van der Waals surface area contributed by atoms with Gasteiger partial charge in [0.2, 0.25) is 0 Å². The van der Waals surface area contributed by atoms with Crippen LogP contribution in [-0.2, 0) is 19.6 Å². The molecule has 2 heterocycles. The zero-order valence-electron chi connectivity index (χ0n) is 11.2. The van der Waals surface area contributed by atoms with E-state index >= 15 is 0 Å². The number of hydrogen-bond donors (Lipinski definition) is 0. The van der Waals surface area contributed by atoms with Crippen LogP contribution >= 0.6 is 11.3 Å². The van der Waals surface area contributed by atoms with Crippen molar-refractivity contribution in [1.82, 2.24) is 4.31 Å². The molecule has 110 valence electrons. The van der Waals surface area contributed by atoms with E-state index < -0.39 is 22.0 Å². The number of thiophene rings is 1. The number of carbonyl (C=O) groups excluding carboxylic acids is 1. The molecule has 0 N–H and O–H groups in total. The second kappa shape index (κ2) is 4.82. The first-order valence-corrected chi connectivity index (χ1v) is 8.94. The Morgan fingerprint density at radius 3 is 2.75 bits per heavy atom. The van der Waals surface area contributed by atoms with Crippen molar-refractivity contribution in [1.29, 1.82) is 0 Å². The highest BCUT2D eigenvalue weighted by atomic mass is 32.2. The summed E-state index contributed by atoms with van der Waals surface area (Å²) in [6, 6.07) is 2.62. The molecule has 1 aliphatic carbocycles. The predicted molar refractivity (Wildman–Crippen MR) is 74.9 cm³/mol. The number of ether oxygens (including phenoxy) is 1. The quantitative estimate of drug-likeness (QED) is 0.799.